The average molecular weight is 1100 g/mol. The lowest BCUT2D eigenvalue weighted by Gasteiger charge is -2.18. The highest BCUT2D eigenvalue weighted by Gasteiger charge is 2.19. The first kappa shape index (κ1) is 74.8. The Morgan fingerprint density at radius 1 is 0.266 bits per heavy atom. The van der Waals surface area contributed by atoms with Gasteiger partial charge < -0.3 is 14.2 Å². The summed E-state index contributed by atoms with van der Waals surface area (Å²) in [6, 6.07) is 0. The van der Waals surface area contributed by atoms with E-state index in [1.54, 1.807) is 0 Å². The molecule has 79 heavy (non-hydrogen) atoms. The zero-order valence-electron chi connectivity index (χ0n) is 51.6. The lowest BCUT2D eigenvalue weighted by atomic mass is 10.0. The second-order valence-corrected chi connectivity index (χ2v) is 21.6. The van der Waals surface area contributed by atoms with Gasteiger partial charge in [0.25, 0.3) is 0 Å². The molecule has 0 radical (unpaired) electrons. The fourth-order valence-corrected chi connectivity index (χ4v) is 9.04. The van der Waals surface area contributed by atoms with E-state index in [0.29, 0.717) is 19.3 Å². The second-order valence-electron chi connectivity index (χ2n) is 21.6. The van der Waals surface area contributed by atoms with Crippen molar-refractivity contribution in [3.05, 3.63) is 122 Å². The highest BCUT2D eigenvalue weighted by molar-refractivity contribution is 5.71. The number of allylic oxidation sites excluding steroid dienone is 20. The third-order valence-electron chi connectivity index (χ3n) is 13.9. The summed E-state index contributed by atoms with van der Waals surface area (Å²) in [4.78, 5) is 38.3. The summed E-state index contributed by atoms with van der Waals surface area (Å²) < 4.78 is 16.9. The molecule has 6 heteroatoms. The fraction of sp³-hybridized carbons (Fsp3) is 0.685. The smallest absolute Gasteiger partial charge is 0.306 e. The van der Waals surface area contributed by atoms with Gasteiger partial charge in [-0.05, 0) is 128 Å². The zero-order valence-corrected chi connectivity index (χ0v) is 51.6. The molecule has 0 heterocycles. The molecule has 0 bridgehead atoms. The summed E-state index contributed by atoms with van der Waals surface area (Å²) in [5, 5.41) is 0. The van der Waals surface area contributed by atoms with Crippen molar-refractivity contribution in [2.45, 2.75) is 309 Å². The fourth-order valence-electron chi connectivity index (χ4n) is 9.04. The first-order valence-electron chi connectivity index (χ1n) is 33.0. The first-order chi connectivity index (χ1) is 39.0. The van der Waals surface area contributed by atoms with E-state index in [2.05, 4.69) is 142 Å². The van der Waals surface area contributed by atoms with Gasteiger partial charge in [-0.1, -0.05) is 277 Å². The standard InChI is InChI=1S/C73H122O6/c1-4-7-10-13-16-19-22-25-27-28-29-30-31-32-33-34-35-36-37-38-39-40-41-42-43-44-46-48-51-54-57-60-63-66-72(75)78-69-70(68-77-71(74)65-62-59-56-53-50-47-24-21-18-15-12-9-6-3)79-73(76)67-64-61-58-55-52-49-45-26-23-20-17-14-11-8-5-2/h7,9-10,12,16-21,25-27,29-30,32-33,45,47,50,70H,4-6,8,11,13-15,22-24,28,31,34-44,46,48-49,51-69H2,1-3H3/b10-7-,12-9-,19-16-,20-17-,21-18-,27-25-,30-29-,33-32-,45-26-,50-47-. The topological polar surface area (TPSA) is 78.9 Å². The maximum absolute atomic E-state index is 12.9. The van der Waals surface area contributed by atoms with Crippen molar-refractivity contribution >= 4 is 17.9 Å². The van der Waals surface area contributed by atoms with Crippen LogP contribution in [0.3, 0.4) is 0 Å². The number of carbonyl (C=O) groups is 3. The quantitative estimate of drug-likeness (QED) is 0.0261. The predicted octanol–water partition coefficient (Wildman–Crippen LogP) is 22.8. The van der Waals surface area contributed by atoms with E-state index in [-0.39, 0.29) is 31.1 Å². The lowest BCUT2D eigenvalue weighted by molar-refractivity contribution is -0.167. The molecule has 0 saturated carbocycles. The number of unbranched alkanes of at least 4 members (excludes halogenated alkanes) is 28. The largest absolute Gasteiger partial charge is 0.462 e. The van der Waals surface area contributed by atoms with Gasteiger partial charge in [0.2, 0.25) is 0 Å². The number of ether oxygens (including phenoxy) is 3. The number of hydrogen-bond acceptors (Lipinski definition) is 6. The molecule has 0 aliphatic rings. The molecule has 0 fully saturated rings. The number of hydrogen-bond donors (Lipinski definition) is 0. The number of carbonyl (C=O) groups excluding carboxylic acids is 3. The molecule has 0 saturated heterocycles. The van der Waals surface area contributed by atoms with E-state index in [1.807, 2.05) is 0 Å². The van der Waals surface area contributed by atoms with Gasteiger partial charge in [0, 0.05) is 19.3 Å². The molecule has 0 aromatic heterocycles. The van der Waals surface area contributed by atoms with Crippen LogP contribution in [0.5, 0.6) is 0 Å². The molecule has 0 N–H and O–H groups in total. The maximum atomic E-state index is 12.9. The maximum Gasteiger partial charge on any atom is 0.306 e. The van der Waals surface area contributed by atoms with Crippen LogP contribution in [-0.2, 0) is 28.6 Å². The van der Waals surface area contributed by atoms with Crippen molar-refractivity contribution in [1.82, 2.24) is 0 Å². The van der Waals surface area contributed by atoms with Crippen LogP contribution >= 0.6 is 0 Å². The van der Waals surface area contributed by atoms with Crippen LogP contribution < -0.4 is 0 Å². The lowest BCUT2D eigenvalue weighted by Crippen LogP contribution is -2.30. The monoisotopic (exact) mass is 1090 g/mol. The van der Waals surface area contributed by atoms with Crippen LogP contribution in [0.25, 0.3) is 0 Å². The molecule has 0 aliphatic heterocycles. The molecule has 1 unspecified atom stereocenters. The molecule has 0 aromatic carbocycles. The predicted molar refractivity (Wildman–Crippen MR) is 343 cm³/mol. The normalized spacial score (nSPS) is 12.9. The Labute approximate surface area is 488 Å². The van der Waals surface area contributed by atoms with Crippen LogP contribution in [0.4, 0.5) is 0 Å². The van der Waals surface area contributed by atoms with Crippen molar-refractivity contribution in [1.29, 1.82) is 0 Å². The Balaban J connectivity index is 4.19. The molecule has 0 aromatic rings. The number of rotatable bonds is 59. The Morgan fingerprint density at radius 3 is 0.785 bits per heavy atom. The Hall–Kier alpha value is -4.19. The SMILES string of the molecule is CC/C=C\C/C=C\C/C=C\C/C=C\C/C=C\CCCCCCCCCCCCCCCCCCCC(=O)OCC(COC(=O)CCCCC/C=C\C/C=C\C/C=C\CC)OC(=O)CCCCCCC/C=C\C/C=C\CCCCC. The summed E-state index contributed by atoms with van der Waals surface area (Å²) >= 11 is 0. The molecule has 1 atom stereocenters. The van der Waals surface area contributed by atoms with E-state index in [4.69, 9.17) is 14.2 Å². The Bertz CT molecular complexity index is 1640. The van der Waals surface area contributed by atoms with E-state index >= 15 is 0 Å². The van der Waals surface area contributed by atoms with Crippen molar-refractivity contribution in [2.75, 3.05) is 13.2 Å². The van der Waals surface area contributed by atoms with Crippen LogP contribution in [0.2, 0.25) is 0 Å². The summed E-state index contributed by atoms with van der Waals surface area (Å²) in [5.41, 5.74) is 0. The summed E-state index contributed by atoms with van der Waals surface area (Å²) in [7, 11) is 0. The van der Waals surface area contributed by atoms with Crippen molar-refractivity contribution in [2.24, 2.45) is 0 Å². The van der Waals surface area contributed by atoms with Gasteiger partial charge >= 0.3 is 17.9 Å². The molecule has 450 valence electrons. The van der Waals surface area contributed by atoms with E-state index in [1.165, 1.54) is 122 Å². The Kier molecular flexibility index (Phi) is 62.8. The van der Waals surface area contributed by atoms with Crippen LogP contribution in [0.15, 0.2) is 122 Å². The molecule has 0 amide bonds. The van der Waals surface area contributed by atoms with Gasteiger partial charge in [0.15, 0.2) is 6.10 Å². The van der Waals surface area contributed by atoms with Crippen LogP contribution in [0.1, 0.15) is 303 Å². The van der Waals surface area contributed by atoms with Crippen LogP contribution in [0, 0.1) is 0 Å². The first-order valence-corrected chi connectivity index (χ1v) is 33.0. The van der Waals surface area contributed by atoms with Gasteiger partial charge in [-0.2, -0.15) is 0 Å². The van der Waals surface area contributed by atoms with Crippen molar-refractivity contribution in [3.8, 4) is 0 Å². The van der Waals surface area contributed by atoms with Gasteiger partial charge in [-0.15, -0.1) is 0 Å². The van der Waals surface area contributed by atoms with Crippen molar-refractivity contribution < 1.29 is 28.6 Å². The molecular formula is C73H122O6. The van der Waals surface area contributed by atoms with E-state index in [9.17, 15) is 14.4 Å². The van der Waals surface area contributed by atoms with E-state index in [0.717, 1.165) is 141 Å². The van der Waals surface area contributed by atoms with Gasteiger partial charge in [0.1, 0.15) is 13.2 Å². The minimum absolute atomic E-state index is 0.0928. The number of esters is 3. The minimum Gasteiger partial charge on any atom is -0.462 e. The zero-order chi connectivity index (χ0) is 57.1. The summed E-state index contributed by atoms with van der Waals surface area (Å²) in [6.07, 6.45) is 92.3. The van der Waals surface area contributed by atoms with Gasteiger partial charge in [0.05, 0.1) is 0 Å². The second kappa shape index (κ2) is 66.3. The third kappa shape index (κ3) is 64.5. The van der Waals surface area contributed by atoms with Gasteiger partial charge in [-0.25, -0.2) is 0 Å². The van der Waals surface area contributed by atoms with E-state index < -0.39 is 6.10 Å². The molecular weight excluding hydrogens is 973 g/mol. The highest BCUT2D eigenvalue weighted by Crippen LogP contribution is 2.16. The molecule has 6 nitrogen and oxygen atoms in total. The molecule has 0 spiro atoms. The Morgan fingerprint density at radius 2 is 0.494 bits per heavy atom. The molecule has 0 aliphatic carbocycles. The van der Waals surface area contributed by atoms with Gasteiger partial charge in [-0.3, -0.25) is 14.4 Å². The van der Waals surface area contributed by atoms with Crippen LogP contribution in [-0.4, -0.2) is 37.2 Å². The molecule has 0 rings (SSSR count). The highest BCUT2D eigenvalue weighted by atomic mass is 16.6. The average Bonchev–Trinajstić information content (AvgIpc) is 3.45. The minimum atomic E-state index is -0.799. The summed E-state index contributed by atoms with van der Waals surface area (Å²) in [5.74, 6) is -0.931. The van der Waals surface area contributed by atoms with Crippen molar-refractivity contribution in [3.63, 3.8) is 0 Å². The summed E-state index contributed by atoms with van der Waals surface area (Å²) in [6.45, 7) is 6.36. The third-order valence-corrected chi connectivity index (χ3v) is 13.9.